The molecule has 15 heavy (non-hydrogen) atoms. The van der Waals surface area contributed by atoms with Gasteiger partial charge in [0, 0.05) is 18.2 Å². The third-order valence-electron chi connectivity index (χ3n) is 2.29. The maximum atomic E-state index is 13.5. The molecule has 0 aliphatic carbocycles. The fourth-order valence-corrected chi connectivity index (χ4v) is 1.46. The molecule has 3 heteroatoms. The lowest BCUT2D eigenvalue weighted by Gasteiger charge is -2.19. The average molecular weight is 210 g/mol. The number of benzene rings is 1. The van der Waals surface area contributed by atoms with E-state index in [0.717, 1.165) is 6.54 Å². The van der Waals surface area contributed by atoms with Crippen LogP contribution in [0.2, 0.25) is 0 Å². The highest BCUT2D eigenvalue weighted by Gasteiger charge is 2.12. The van der Waals surface area contributed by atoms with Crippen LogP contribution in [0.5, 0.6) is 0 Å². The minimum atomic E-state index is -0.191. The smallest absolute Gasteiger partial charge is 0.128 e. The summed E-state index contributed by atoms with van der Waals surface area (Å²) in [6, 6.07) is 6.68. The normalized spacial score (nSPS) is 13.1. The number of halogens is 1. The standard InChI is InChI=1S/C12H19FN2/c1-9(2)8-15-12(7-14)10-5-3-4-6-11(10)13/h3-6,9,12,15H,7-8,14H2,1-2H3. The highest BCUT2D eigenvalue weighted by atomic mass is 19.1. The van der Waals surface area contributed by atoms with Crippen LogP contribution in [0, 0.1) is 11.7 Å². The molecule has 0 aromatic heterocycles. The van der Waals surface area contributed by atoms with E-state index in [1.54, 1.807) is 12.1 Å². The second-order valence-corrected chi connectivity index (χ2v) is 4.11. The molecule has 1 rings (SSSR count). The summed E-state index contributed by atoms with van der Waals surface area (Å²) in [6.45, 7) is 5.48. The lowest BCUT2D eigenvalue weighted by atomic mass is 10.1. The Kier molecular flexibility index (Phi) is 4.72. The van der Waals surface area contributed by atoms with Gasteiger partial charge in [-0.05, 0) is 18.5 Å². The zero-order valence-electron chi connectivity index (χ0n) is 9.33. The first-order chi connectivity index (χ1) is 7.15. The Morgan fingerprint density at radius 3 is 2.53 bits per heavy atom. The zero-order valence-corrected chi connectivity index (χ0v) is 9.33. The van der Waals surface area contributed by atoms with Crippen molar-refractivity contribution in [3.8, 4) is 0 Å². The van der Waals surface area contributed by atoms with Crippen molar-refractivity contribution in [3.05, 3.63) is 35.6 Å². The molecule has 1 aromatic rings. The van der Waals surface area contributed by atoms with Crippen LogP contribution >= 0.6 is 0 Å². The fraction of sp³-hybridized carbons (Fsp3) is 0.500. The van der Waals surface area contributed by atoms with Crippen LogP contribution in [0.3, 0.4) is 0 Å². The Morgan fingerprint density at radius 1 is 1.33 bits per heavy atom. The predicted molar refractivity (Wildman–Crippen MR) is 61.0 cm³/mol. The molecule has 0 amide bonds. The summed E-state index contributed by atoms with van der Waals surface area (Å²) in [4.78, 5) is 0. The third-order valence-corrected chi connectivity index (χ3v) is 2.29. The average Bonchev–Trinajstić information content (AvgIpc) is 2.21. The van der Waals surface area contributed by atoms with Gasteiger partial charge >= 0.3 is 0 Å². The van der Waals surface area contributed by atoms with E-state index >= 15 is 0 Å². The van der Waals surface area contributed by atoms with Crippen LogP contribution in [0.4, 0.5) is 4.39 Å². The molecule has 84 valence electrons. The number of hydrogen-bond donors (Lipinski definition) is 2. The molecule has 3 N–H and O–H groups in total. The first-order valence-electron chi connectivity index (χ1n) is 5.33. The molecule has 0 saturated carbocycles. The number of nitrogens with one attached hydrogen (secondary N) is 1. The van der Waals surface area contributed by atoms with Gasteiger partial charge in [-0.15, -0.1) is 0 Å². The highest BCUT2D eigenvalue weighted by molar-refractivity contribution is 5.21. The molecule has 0 saturated heterocycles. The number of rotatable bonds is 5. The predicted octanol–water partition coefficient (Wildman–Crippen LogP) is 2.07. The maximum Gasteiger partial charge on any atom is 0.128 e. The summed E-state index contributed by atoms with van der Waals surface area (Å²) in [6.07, 6.45) is 0. The van der Waals surface area contributed by atoms with Gasteiger partial charge in [-0.3, -0.25) is 0 Å². The summed E-state index contributed by atoms with van der Waals surface area (Å²) in [7, 11) is 0. The fourth-order valence-electron chi connectivity index (χ4n) is 1.46. The van der Waals surface area contributed by atoms with Crippen molar-refractivity contribution >= 4 is 0 Å². The van der Waals surface area contributed by atoms with E-state index in [2.05, 4.69) is 19.2 Å². The van der Waals surface area contributed by atoms with Gasteiger partial charge in [0.1, 0.15) is 5.82 Å². The second-order valence-electron chi connectivity index (χ2n) is 4.11. The molecule has 1 atom stereocenters. The molecular formula is C12H19FN2. The largest absolute Gasteiger partial charge is 0.329 e. The molecular weight excluding hydrogens is 191 g/mol. The van der Waals surface area contributed by atoms with Crippen LogP contribution in [-0.2, 0) is 0 Å². The quantitative estimate of drug-likeness (QED) is 0.780. The second kappa shape index (κ2) is 5.83. The summed E-state index contributed by atoms with van der Waals surface area (Å²) in [5.41, 5.74) is 6.28. The Morgan fingerprint density at radius 2 is 2.00 bits per heavy atom. The molecule has 1 aromatic carbocycles. The molecule has 2 nitrogen and oxygen atoms in total. The van der Waals surface area contributed by atoms with Crippen molar-refractivity contribution in [2.45, 2.75) is 19.9 Å². The first-order valence-corrected chi connectivity index (χ1v) is 5.33. The van der Waals surface area contributed by atoms with Gasteiger partial charge in [0.15, 0.2) is 0 Å². The zero-order chi connectivity index (χ0) is 11.3. The maximum absolute atomic E-state index is 13.5. The summed E-state index contributed by atoms with van der Waals surface area (Å²) in [5, 5.41) is 3.26. The van der Waals surface area contributed by atoms with E-state index in [0.29, 0.717) is 18.0 Å². The van der Waals surface area contributed by atoms with Crippen molar-refractivity contribution in [1.29, 1.82) is 0 Å². The molecule has 0 bridgehead atoms. The Bertz CT molecular complexity index is 299. The molecule has 0 aliphatic rings. The number of hydrogen-bond acceptors (Lipinski definition) is 2. The van der Waals surface area contributed by atoms with E-state index < -0.39 is 0 Å². The number of nitrogens with two attached hydrogens (primary N) is 1. The van der Waals surface area contributed by atoms with Crippen molar-refractivity contribution in [2.75, 3.05) is 13.1 Å². The molecule has 0 spiro atoms. The van der Waals surface area contributed by atoms with Crippen molar-refractivity contribution in [2.24, 2.45) is 11.7 Å². The summed E-state index contributed by atoms with van der Waals surface area (Å²) in [5.74, 6) is 0.343. The molecule has 0 aliphatic heterocycles. The van der Waals surface area contributed by atoms with Crippen LogP contribution in [0.25, 0.3) is 0 Å². The SMILES string of the molecule is CC(C)CNC(CN)c1ccccc1F. The molecule has 1 unspecified atom stereocenters. The van der Waals surface area contributed by atoms with E-state index in [-0.39, 0.29) is 11.9 Å². The van der Waals surface area contributed by atoms with Gasteiger partial charge < -0.3 is 11.1 Å². The lowest BCUT2D eigenvalue weighted by Crippen LogP contribution is -2.31. The van der Waals surface area contributed by atoms with Crippen LogP contribution in [0.15, 0.2) is 24.3 Å². The highest BCUT2D eigenvalue weighted by Crippen LogP contribution is 2.15. The van der Waals surface area contributed by atoms with E-state index in [9.17, 15) is 4.39 Å². The van der Waals surface area contributed by atoms with Crippen molar-refractivity contribution in [3.63, 3.8) is 0 Å². The van der Waals surface area contributed by atoms with E-state index in [1.165, 1.54) is 6.07 Å². The van der Waals surface area contributed by atoms with Gasteiger partial charge in [0.25, 0.3) is 0 Å². The topological polar surface area (TPSA) is 38.0 Å². The molecule has 0 heterocycles. The van der Waals surface area contributed by atoms with Crippen LogP contribution in [-0.4, -0.2) is 13.1 Å². The third kappa shape index (κ3) is 3.61. The Labute approximate surface area is 90.7 Å². The Balaban J connectivity index is 2.70. The lowest BCUT2D eigenvalue weighted by molar-refractivity contribution is 0.462. The minimum absolute atomic E-state index is 0.0893. The van der Waals surface area contributed by atoms with Gasteiger partial charge in [0.05, 0.1) is 0 Å². The van der Waals surface area contributed by atoms with Crippen LogP contribution < -0.4 is 11.1 Å². The van der Waals surface area contributed by atoms with Gasteiger partial charge in [0.2, 0.25) is 0 Å². The minimum Gasteiger partial charge on any atom is -0.329 e. The van der Waals surface area contributed by atoms with Crippen molar-refractivity contribution < 1.29 is 4.39 Å². The Hall–Kier alpha value is -0.930. The first kappa shape index (κ1) is 12.1. The van der Waals surface area contributed by atoms with E-state index in [1.807, 2.05) is 6.07 Å². The van der Waals surface area contributed by atoms with Gasteiger partial charge in [-0.1, -0.05) is 32.0 Å². The van der Waals surface area contributed by atoms with E-state index in [4.69, 9.17) is 5.73 Å². The van der Waals surface area contributed by atoms with Crippen molar-refractivity contribution in [1.82, 2.24) is 5.32 Å². The molecule has 0 fully saturated rings. The summed E-state index contributed by atoms with van der Waals surface area (Å²) >= 11 is 0. The van der Waals surface area contributed by atoms with Crippen LogP contribution in [0.1, 0.15) is 25.5 Å². The van der Waals surface area contributed by atoms with Gasteiger partial charge in [-0.25, -0.2) is 4.39 Å². The molecule has 0 radical (unpaired) electrons. The van der Waals surface area contributed by atoms with Gasteiger partial charge in [-0.2, -0.15) is 0 Å². The monoisotopic (exact) mass is 210 g/mol. The summed E-state index contributed by atoms with van der Waals surface area (Å²) < 4.78 is 13.5.